The Balaban J connectivity index is 1.57. The molecule has 134 valence electrons. The molecule has 0 heterocycles. The van der Waals surface area contributed by atoms with Crippen LogP contribution in [0.5, 0.6) is 0 Å². The van der Waals surface area contributed by atoms with Crippen LogP contribution in [0.4, 0.5) is 5.69 Å². The number of carbonyl (C=O) groups excluding carboxylic acids is 1. The summed E-state index contributed by atoms with van der Waals surface area (Å²) in [5.41, 5.74) is 1.96. The fourth-order valence-corrected chi connectivity index (χ4v) is 3.84. The van der Waals surface area contributed by atoms with Gasteiger partial charge in [-0.2, -0.15) is 0 Å². The Hall–Kier alpha value is -2.53. The van der Waals surface area contributed by atoms with E-state index in [-0.39, 0.29) is 5.91 Å². The van der Waals surface area contributed by atoms with Crippen LogP contribution in [-0.4, -0.2) is 17.0 Å². The summed E-state index contributed by atoms with van der Waals surface area (Å²) in [6.07, 6.45) is 4.59. The fraction of sp³-hybridized carbons (Fsp3) is 0.238. The van der Waals surface area contributed by atoms with Crippen molar-refractivity contribution in [3.8, 4) is 0 Å². The monoisotopic (exact) mass is 367 g/mol. The third-order valence-corrected chi connectivity index (χ3v) is 5.54. The van der Waals surface area contributed by atoms with Crippen molar-refractivity contribution in [3.05, 3.63) is 72.3 Å². The molecule has 2 unspecified atom stereocenters. The molecule has 0 aliphatic heterocycles. The molecule has 1 aliphatic rings. The number of thioether (sulfide) groups is 1. The molecule has 26 heavy (non-hydrogen) atoms. The van der Waals surface area contributed by atoms with Gasteiger partial charge in [0, 0.05) is 16.3 Å². The molecule has 2 N–H and O–H groups in total. The van der Waals surface area contributed by atoms with Gasteiger partial charge in [-0.05, 0) is 42.7 Å². The molecule has 4 nitrogen and oxygen atoms in total. The molecule has 0 spiro atoms. The highest BCUT2D eigenvalue weighted by Crippen LogP contribution is 2.28. The maximum Gasteiger partial charge on any atom is 0.307 e. The van der Waals surface area contributed by atoms with Crippen molar-refractivity contribution in [1.29, 1.82) is 0 Å². The van der Waals surface area contributed by atoms with Gasteiger partial charge in [-0.15, -0.1) is 11.8 Å². The summed E-state index contributed by atoms with van der Waals surface area (Å²) in [5, 5.41) is 12.1. The lowest BCUT2D eigenvalue weighted by atomic mass is 9.82. The second kappa shape index (κ2) is 8.72. The van der Waals surface area contributed by atoms with Crippen LogP contribution in [0, 0.1) is 11.8 Å². The topological polar surface area (TPSA) is 66.4 Å². The standard InChI is InChI=1S/C21H21NO3S/c23-20(18-8-4-5-9-19(18)21(24)25)22-16-10-12-17(13-11-16)26-14-15-6-2-1-3-7-15/h1-7,10-13,18-19H,8-9,14H2,(H,22,23)(H,24,25). The maximum atomic E-state index is 12.5. The van der Waals surface area contributed by atoms with Crippen LogP contribution in [0.25, 0.3) is 0 Å². The lowest BCUT2D eigenvalue weighted by Gasteiger charge is -2.24. The van der Waals surface area contributed by atoms with E-state index in [1.165, 1.54) is 5.56 Å². The van der Waals surface area contributed by atoms with Crippen molar-refractivity contribution in [2.24, 2.45) is 11.8 Å². The number of hydrogen-bond donors (Lipinski definition) is 2. The van der Waals surface area contributed by atoms with Crippen LogP contribution < -0.4 is 5.32 Å². The van der Waals surface area contributed by atoms with Crippen LogP contribution in [0.2, 0.25) is 0 Å². The molecule has 0 bridgehead atoms. The summed E-state index contributed by atoms with van der Waals surface area (Å²) in [5.74, 6) is -1.43. The van der Waals surface area contributed by atoms with E-state index in [2.05, 4.69) is 17.4 Å². The second-order valence-corrected chi connectivity index (χ2v) is 7.33. The molecular formula is C21H21NO3S. The molecule has 0 radical (unpaired) electrons. The first-order valence-corrected chi connectivity index (χ1v) is 9.57. The minimum absolute atomic E-state index is 0.230. The van der Waals surface area contributed by atoms with Gasteiger partial charge in [0.1, 0.15) is 0 Å². The van der Waals surface area contributed by atoms with E-state index in [0.717, 1.165) is 10.6 Å². The van der Waals surface area contributed by atoms with Crippen LogP contribution in [0.15, 0.2) is 71.6 Å². The first-order chi connectivity index (χ1) is 12.6. The molecule has 2 aromatic rings. The summed E-state index contributed by atoms with van der Waals surface area (Å²) in [7, 11) is 0. The highest BCUT2D eigenvalue weighted by atomic mass is 32.2. The van der Waals surface area contributed by atoms with Gasteiger partial charge in [0.2, 0.25) is 5.91 Å². The average molecular weight is 367 g/mol. The van der Waals surface area contributed by atoms with E-state index >= 15 is 0 Å². The highest BCUT2D eigenvalue weighted by molar-refractivity contribution is 7.98. The third kappa shape index (κ3) is 4.76. The molecule has 0 aromatic heterocycles. The zero-order valence-corrected chi connectivity index (χ0v) is 15.1. The molecule has 0 fully saturated rings. The Labute approximate surface area is 157 Å². The normalized spacial score (nSPS) is 19.1. The van der Waals surface area contributed by atoms with Crippen molar-refractivity contribution < 1.29 is 14.7 Å². The molecule has 2 atom stereocenters. The summed E-state index contributed by atoms with van der Waals surface area (Å²) < 4.78 is 0. The number of carboxylic acid groups (broad SMARTS) is 1. The number of rotatable bonds is 6. The third-order valence-electron chi connectivity index (χ3n) is 4.46. The van der Waals surface area contributed by atoms with Crippen LogP contribution >= 0.6 is 11.8 Å². The average Bonchev–Trinajstić information content (AvgIpc) is 2.68. The Bertz CT molecular complexity index is 787. The molecular weight excluding hydrogens is 346 g/mol. The first kappa shape index (κ1) is 18.3. The number of carbonyl (C=O) groups is 2. The van der Waals surface area contributed by atoms with E-state index in [0.29, 0.717) is 18.5 Å². The Morgan fingerprint density at radius 3 is 2.27 bits per heavy atom. The van der Waals surface area contributed by atoms with Crippen molar-refractivity contribution in [3.63, 3.8) is 0 Å². The number of anilines is 1. The quantitative estimate of drug-likeness (QED) is 0.579. The molecule has 2 aromatic carbocycles. The summed E-state index contributed by atoms with van der Waals surface area (Å²) in [4.78, 5) is 24.9. The summed E-state index contributed by atoms with van der Waals surface area (Å²) in [6.45, 7) is 0. The number of allylic oxidation sites excluding steroid dienone is 2. The number of hydrogen-bond acceptors (Lipinski definition) is 3. The van der Waals surface area contributed by atoms with Crippen molar-refractivity contribution >= 4 is 29.3 Å². The number of carboxylic acids is 1. The zero-order chi connectivity index (χ0) is 18.4. The molecule has 0 saturated heterocycles. The van der Waals surface area contributed by atoms with Crippen LogP contribution in [-0.2, 0) is 15.3 Å². The lowest BCUT2D eigenvalue weighted by molar-refractivity contribution is -0.146. The van der Waals surface area contributed by atoms with E-state index < -0.39 is 17.8 Å². The summed E-state index contributed by atoms with van der Waals surface area (Å²) >= 11 is 1.73. The van der Waals surface area contributed by atoms with Crippen molar-refractivity contribution in [2.45, 2.75) is 23.5 Å². The molecule has 5 heteroatoms. The lowest BCUT2D eigenvalue weighted by Crippen LogP contribution is -2.34. The smallest absolute Gasteiger partial charge is 0.307 e. The molecule has 1 aliphatic carbocycles. The number of nitrogens with one attached hydrogen (secondary N) is 1. The predicted octanol–water partition coefficient (Wildman–Crippen LogP) is 4.58. The highest BCUT2D eigenvalue weighted by Gasteiger charge is 2.33. The van der Waals surface area contributed by atoms with E-state index in [4.69, 9.17) is 0 Å². The predicted molar refractivity (Wildman–Crippen MR) is 104 cm³/mol. The van der Waals surface area contributed by atoms with Gasteiger partial charge in [-0.25, -0.2) is 0 Å². The second-order valence-electron chi connectivity index (χ2n) is 6.28. The number of aliphatic carboxylic acids is 1. The van der Waals surface area contributed by atoms with Crippen molar-refractivity contribution in [2.75, 3.05) is 5.32 Å². The van der Waals surface area contributed by atoms with Gasteiger partial charge in [-0.3, -0.25) is 9.59 Å². The van der Waals surface area contributed by atoms with Gasteiger partial charge < -0.3 is 10.4 Å². The number of benzene rings is 2. The first-order valence-electron chi connectivity index (χ1n) is 8.59. The fourth-order valence-electron chi connectivity index (χ4n) is 2.99. The van der Waals surface area contributed by atoms with Gasteiger partial charge in [0.05, 0.1) is 11.8 Å². The minimum Gasteiger partial charge on any atom is -0.481 e. The van der Waals surface area contributed by atoms with E-state index in [1.807, 2.05) is 54.6 Å². The summed E-state index contributed by atoms with van der Waals surface area (Å²) in [6, 6.07) is 17.9. The Morgan fingerprint density at radius 2 is 1.62 bits per heavy atom. The SMILES string of the molecule is O=C(O)C1CC=CCC1C(=O)Nc1ccc(SCc2ccccc2)cc1. The van der Waals surface area contributed by atoms with Gasteiger partial charge in [0.25, 0.3) is 0 Å². The zero-order valence-electron chi connectivity index (χ0n) is 14.3. The molecule has 1 amide bonds. The molecule has 0 saturated carbocycles. The maximum absolute atomic E-state index is 12.5. The Morgan fingerprint density at radius 1 is 0.962 bits per heavy atom. The molecule has 3 rings (SSSR count). The largest absolute Gasteiger partial charge is 0.481 e. The van der Waals surface area contributed by atoms with Gasteiger partial charge in [0.15, 0.2) is 0 Å². The van der Waals surface area contributed by atoms with E-state index in [1.54, 1.807) is 11.8 Å². The van der Waals surface area contributed by atoms with Crippen LogP contribution in [0.3, 0.4) is 0 Å². The number of amides is 1. The van der Waals surface area contributed by atoms with Gasteiger partial charge in [-0.1, -0.05) is 42.5 Å². The van der Waals surface area contributed by atoms with Crippen molar-refractivity contribution in [1.82, 2.24) is 0 Å². The minimum atomic E-state index is -0.915. The Kier molecular flexibility index (Phi) is 6.12. The van der Waals surface area contributed by atoms with E-state index in [9.17, 15) is 14.7 Å². The van der Waals surface area contributed by atoms with Crippen LogP contribution in [0.1, 0.15) is 18.4 Å². The van der Waals surface area contributed by atoms with Gasteiger partial charge >= 0.3 is 5.97 Å².